The lowest BCUT2D eigenvalue weighted by Crippen LogP contribution is -1.86. The first-order valence-corrected chi connectivity index (χ1v) is 2.76. The van der Waals surface area contributed by atoms with Gasteiger partial charge in [0.1, 0.15) is 5.82 Å². The van der Waals surface area contributed by atoms with E-state index in [1.165, 1.54) is 12.1 Å². The van der Waals surface area contributed by atoms with Crippen LogP contribution in [0.5, 0.6) is 0 Å². The third kappa shape index (κ3) is 2.51. The number of benzene rings is 1. The van der Waals surface area contributed by atoms with Gasteiger partial charge in [-0.05, 0) is 24.3 Å². The van der Waals surface area contributed by atoms with E-state index in [1.807, 2.05) is 0 Å². The second kappa shape index (κ2) is 4.49. The van der Waals surface area contributed by atoms with E-state index < -0.39 is 0 Å². The molecule has 0 saturated heterocycles. The van der Waals surface area contributed by atoms with Crippen LogP contribution in [0.25, 0.3) is 0 Å². The normalized spacial score (nSPS) is 8.20. The highest BCUT2D eigenvalue weighted by molar-refractivity contribution is 14.0. The lowest BCUT2D eigenvalue weighted by atomic mass is 10.3. The molecule has 0 fully saturated rings. The van der Waals surface area contributed by atoms with Crippen LogP contribution < -0.4 is 5.32 Å². The molecule has 10 heavy (non-hydrogen) atoms. The molecule has 0 saturated carbocycles. The summed E-state index contributed by atoms with van der Waals surface area (Å²) in [5, 5.41) is 2.89. The highest BCUT2D eigenvalue weighted by Crippen LogP contribution is 2.05. The minimum Gasteiger partial charge on any atom is -0.388 e. The molecular formula is C7H11FIN. The summed E-state index contributed by atoms with van der Waals surface area (Å²) < 4.78 is 12.2. The van der Waals surface area contributed by atoms with Gasteiger partial charge in [0.15, 0.2) is 0 Å². The van der Waals surface area contributed by atoms with E-state index in [-0.39, 0.29) is 31.2 Å². The Morgan fingerprint density at radius 1 is 1.30 bits per heavy atom. The van der Waals surface area contributed by atoms with Crippen molar-refractivity contribution < 1.29 is 5.82 Å². The van der Waals surface area contributed by atoms with Gasteiger partial charge in [0, 0.05) is 14.2 Å². The van der Waals surface area contributed by atoms with E-state index in [0.717, 1.165) is 5.69 Å². The molecule has 0 aromatic heterocycles. The molecule has 0 atom stereocenters. The highest BCUT2D eigenvalue weighted by Gasteiger charge is 1.86. The average molecular weight is 255 g/mol. The van der Waals surface area contributed by atoms with E-state index in [2.05, 4.69) is 5.32 Å². The summed E-state index contributed by atoms with van der Waals surface area (Å²) in [6.45, 7) is 0. The first-order valence-electron chi connectivity index (χ1n) is 2.76. The lowest BCUT2D eigenvalue weighted by Gasteiger charge is -1.95. The second-order valence-corrected chi connectivity index (χ2v) is 1.76. The van der Waals surface area contributed by atoms with Crippen molar-refractivity contribution in [2.45, 2.75) is 0 Å². The number of rotatable bonds is 1. The Hall–Kier alpha value is -0.320. The van der Waals surface area contributed by atoms with E-state index in [9.17, 15) is 4.39 Å². The minimum absolute atomic E-state index is 0. The van der Waals surface area contributed by atoms with Gasteiger partial charge in [0.25, 0.3) is 0 Å². The summed E-state index contributed by atoms with van der Waals surface area (Å²) in [6, 6.07) is 6.22. The van der Waals surface area contributed by atoms with Crippen LogP contribution in [-0.4, -0.2) is 7.05 Å². The maximum Gasteiger partial charge on any atom is 0.123 e. The lowest BCUT2D eigenvalue weighted by molar-refractivity contribution is 0.628. The van der Waals surface area contributed by atoms with E-state index >= 15 is 0 Å². The summed E-state index contributed by atoms with van der Waals surface area (Å²) >= 11 is 0. The van der Waals surface area contributed by atoms with Crippen molar-refractivity contribution in [1.82, 2.24) is 0 Å². The Bertz CT molecular complexity index is 190. The van der Waals surface area contributed by atoms with Crippen molar-refractivity contribution in [3.05, 3.63) is 30.1 Å². The van der Waals surface area contributed by atoms with Crippen molar-refractivity contribution in [3.8, 4) is 0 Å². The fourth-order valence-corrected chi connectivity index (χ4v) is 0.617. The van der Waals surface area contributed by atoms with Crippen LogP contribution in [0.2, 0.25) is 0 Å². The van der Waals surface area contributed by atoms with E-state index in [1.54, 1.807) is 19.2 Å². The van der Waals surface area contributed by atoms with Gasteiger partial charge in [-0.25, -0.2) is 4.39 Å². The quantitative estimate of drug-likeness (QED) is 0.761. The number of anilines is 1. The fourth-order valence-electron chi connectivity index (χ4n) is 0.617. The minimum atomic E-state index is -0.200. The van der Waals surface area contributed by atoms with Gasteiger partial charge in [0.2, 0.25) is 0 Å². The van der Waals surface area contributed by atoms with Crippen LogP contribution in [0.4, 0.5) is 10.1 Å². The SMILES string of the molecule is CNc1ccc(F)cc1.I.[HH]. The van der Waals surface area contributed by atoms with Crippen LogP contribution in [0, 0.1) is 5.82 Å². The van der Waals surface area contributed by atoms with Gasteiger partial charge in [-0.3, -0.25) is 0 Å². The first-order chi connectivity index (χ1) is 4.33. The number of hydrogen-bond donors (Lipinski definition) is 1. The van der Waals surface area contributed by atoms with E-state index in [0.29, 0.717) is 0 Å². The van der Waals surface area contributed by atoms with Gasteiger partial charge >= 0.3 is 0 Å². The van der Waals surface area contributed by atoms with Crippen molar-refractivity contribution in [2.75, 3.05) is 12.4 Å². The topological polar surface area (TPSA) is 12.0 Å². The molecule has 1 nitrogen and oxygen atoms in total. The monoisotopic (exact) mass is 255 g/mol. The van der Waals surface area contributed by atoms with Crippen molar-refractivity contribution in [3.63, 3.8) is 0 Å². The van der Waals surface area contributed by atoms with Crippen LogP contribution in [0.15, 0.2) is 24.3 Å². The number of halogens is 2. The molecule has 0 heterocycles. The number of hydrogen-bond acceptors (Lipinski definition) is 1. The van der Waals surface area contributed by atoms with Crippen molar-refractivity contribution in [1.29, 1.82) is 0 Å². The third-order valence-corrected chi connectivity index (χ3v) is 1.13. The molecule has 0 bridgehead atoms. The zero-order chi connectivity index (χ0) is 6.69. The maximum absolute atomic E-state index is 12.2. The van der Waals surface area contributed by atoms with Gasteiger partial charge in [-0.2, -0.15) is 0 Å². The molecule has 1 aromatic rings. The Morgan fingerprint density at radius 3 is 2.20 bits per heavy atom. The zero-order valence-electron chi connectivity index (χ0n) is 5.60. The predicted octanol–water partition coefficient (Wildman–Crippen LogP) is 2.73. The number of nitrogens with one attached hydrogen (secondary N) is 1. The largest absolute Gasteiger partial charge is 0.388 e. The summed E-state index contributed by atoms with van der Waals surface area (Å²) in [4.78, 5) is 0. The van der Waals surface area contributed by atoms with Crippen LogP contribution >= 0.6 is 24.0 Å². The molecular weight excluding hydrogens is 244 g/mol. The van der Waals surface area contributed by atoms with Gasteiger partial charge in [-0.1, -0.05) is 0 Å². The average Bonchev–Trinajstić information content (AvgIpc) is 1.90. The summed E-state index contributed by atoms with van der Waals surface area (Å²) in [5.41, 5.74) is 0.927. The smallest absolute Gasteiger partial charge is 0.123 e. The van der Waals surface area contributed by atoms with E-state index in [4.69, 9.17) is 0 Å². The molecule has 1 aromatic carbocycles. The van der Waals surface area contributed by atoms with Gasteiger partial charge in [0.05, 0.1) is 0 Å². The summed E-state index contributed by atoms with van der Waals surface area (Å²) in [5.74, 6) is -0.200. The Labute approximate surface area is 78.1 Å². The molecule has 1 rings (SSSR count). The molecule has 1 N–H and O–H groups in total. The standard InChI is InChI=1S/C7H8FN.HI.H2/c1-9-7-4-2-6(8)3-5-7;;/h2-5,9H,1H3;2*1H. The van der Waals surface area contributed by atoms with Gasteiger partial charge in [-0.15, -0.1) is 24.0 Å². The van der Waals surface area contributed by atoms with Crippen LogP contribution in [0.3, 0.4) is 0 Å². The first kappa shape index (κ1) is 9.68. The second-order valence-electron chi connectivity index (χ2n) is 1.76. The molecule has 0 unspecified atom stereocenters. The molecule has 0 spiro atoms. The molecule has 0 amide bonds. The Morgan fingerprint density at radius 2 is 1.80 bits per heavy atom. The highest BCUT2D eigenvalue weighted by atomic mass is 127. The molecule has 0 aliphatic heterocycles. The fraction of sp³-hybridized carbons (Fsp3) is 0.143. The maximum atomic E-state index is 12.2. The Balaban J connectivity index is 0. The Kier molecular flexibility index (Phi) is 4.34. The zero-order valence-corrected chi connectivity index (χ0v) is 7.93. The molecule has 3 heteroatoms. The van der Waals surface area contributed by atoms with Crippen molar-refractivity contribution >= 4 is 29.7 Å². The van der Waals surface area contributed by atoms with Gasteiger partial charge < -0.3 is 5.32 Å². The van der Waals surface area contributed by atoms with Crippen molar-refractivity contribution in [2.24, 2.45) is 0 Å². The summed E-state index contributed by atoms with van der Waals surface area (Å²) in [7, 11) is 1.80. The molecule has 58 valence electrons. The molecule has 0 aliphatic carbocycles. The van der Waals surface area contributed by atoms with Crippen LogP contribution in [-0.2, 0) is 0 Å². The predicted molar refractivity (Wildman–Crippen MR) is 53.5 cm³/mol. The molecule has 0 aliphatic rings. The molecule has 0 radical (unpaired) electrons. The summed E-state index contributed by atoms with van der Waals surface area (Å²) in [6.07, 6.45) is 0. The van der Waals surface area contributed by atoms with Crippen LogP contribution in [0.1, 0.15) is 1.43 Å². The third-order valence-electron chi connectivity index (χ3n) is 1.13.